The number of nitrogens with one attached hydrogen (secondary N) is 1. The molecule has 0 heterocycles. The molecule has 202 valence electrons. The number of amides is 1. The van der Waals surface area contributed by atoms with Gasteiger partial charge in [-0.2, -0.15) is 13.5 Å². The number of hydrogen-bond donors (Lipinski definition) is 2. The molecule has 0 bridgehead atoms. The zero-order valence-electron chi connectivity index (χ0n) is 21.7. The summed E-state index contributed by atoms with van der Waals surface area (Å²) in [7, 11) is -4.64. The number of aryl methyl sites for hydroxylation is 1. The Morgan fingerprint density at radius 3 is 2.45 bits per heavy atom. The van der Waals surface area contributed by atoms with Crippen LogP contribution in [0.15, 0.2) is 75.8 Å². The van der Waals surface area contributed by atoms with Crippen molar-refractivity contribution in [2.75, 3.05) is 11.9 Å². The van der Waals surface area contributed by atoms with Gasteiger partial charge in [0.1, 0.15) is 10.6 Å². The van der Waals surface area contributed by atoms with Crippen molar-refractivity contribution in [2.45, 2.75) is 25.2 Å². The molecule has 4 rings (SSSR count). The van der Waals surface area contributed by atoms with E-state index in [4.69, 9.17) is 27.9 Å². The SMILES string of the molecule is CCOc1c(Cl)cccc1NC(=O)c1cc2ccccc2c(N=Nc2cc(CC)cc(S(=O)(=O)O)c2Cl)c1[O-].[Na+]. The number of anilines is 1. The van der Waals surface area contributed by atoms with Gasteiger partial charge in [-0.3, -0.25) is 9.35 Å². The molecular formula is C27H22Cl2N3NaO6S. The number of rotatable bonds is 8. The van der Waals surface area contributed by atoms with Gasteiger partial charge in [0.05, 0.1) is 28.0 Å². The molecule has 0 aliphatic heterocycles. The van der Waals surface area contributed by atoms with E-state index in [1.165, 1.54) is 18.2 Å². The minimum Gasteiger partial charge on any atom is -0.870 e. The van der Waals surface area contributed by atoms with E-state index in [1.54, 1.807) is 56.3 Å². The van der Waals surface area contributed by atoms with Gasteiger partial charge in [0, 0.05) is 10.9 Å². The molecule has 0 radical (unpaired) electrons. The van der Waals surface area contributed by atoms with Crippen molar-refractivity contribution < 1.29 is 57.2 Å². The molecule has 0 saturated heterocycles. The van der Waals surface area contributed by atoms with Crippen molar-refractivity contribution in [3.8, 4) is 11.5 Å². The summed E-state index contributed by atoms with van der Waals surface area (Å²) in [5.74, 6) is -1.17. The van der Waals surface area contributed by atoms with Gasteiger partial charge in [-0.1, -0.05) is 66.2 Å². The third kappa shape index (κ3) is 6.77. The molecule has 0 unspecified atom stereocenters. The molecule has 0 aliphatic rings. The number of carbonyl (C=O) groups is 1. The van der Waals surface area contributed by atoms with Crippen molar-refractivity contribution in [3.63, 3.8) is 0 Å². The zero-order chi connectivity index (χ0) is 28.3. The van der Waals surface area contributed by atoms with Crippen LogP contribution in [0.25, 0.3) is 10.8 Å². The van der Waals surface area contributed by atoms with E-state index >= 15 is 0 Å². The first kappa shape index (κ1) is 31.8. The van der Waals surface area contributed by atoms with Crippen LogP contribution in [0.3, 0.4) is 0 Å². The van der Waals surface area contributed by atoms with Crippen LogP contribution in [0.4, 0.5) is 17.1 Å². The van der Waals surface area contributed by atoms with Gasteiger partial charge in [0.25, 0.3) is 16.0 Å². The first-order valence-corrected chi connectivity index (χ1v) is 13.9. The Morgan fingerprint density at radius 2 is 1.77 bits per heavy atom. The Labute approximate surface area is 263 Å². The van der Waals surface area contributed by atoms with E-state index in [0.29, 0.717) is 34.4 Å². The number of carbonyl (C=O) groups excluding carboxylic acids is 1. The van der Waals surface area contributed by atoms with Gasteiger partial charge < -0.3 is 15.2 Å². The first-order chi connectivity index (χ1) is 18.5. The second-order valence-electron chi connectivity index (χ2n) is 8.28. The molecule has 0 atom stereocenters. The van der Waals surface area contributed by atoms with Crippen molar-refractivity contribution >= 4 is 67.1 Å². The average molecular weight is 610 g/mol. The predicted molar refractivity (Wildman–Crippen MR) is 149 cm³/mol. The van der Waals surface area contributed by atoms with E-state index in [9.17, 15) is 22.9 Å². The molecule has 9 nitrogen and oxygen atoms in total. The minimum atomic E-state index is -4.64. The minimum absolute atomic E-state index is 0. The number of hydrogen-bond acceptors (Lipinski definition) is 7. The monoisotopic (exact) mass is 609 g/mol. The summed E-state index contributed by atoms with van der Waals surface area (Å²) in [6, 6.07) is 15.8. The molecular weight excluding hydrogens is 588 g/mol. The summed E-state index contributed by atoms with van der Waals surface area (Å²) in [4.78, 5) is 12.7. The molecule has 0 spiro atoms. The Hall–Kier alpha value is -2.70. The molecule has 0 saturated carbocycles. The number of benzene rings is 4. The van der Waals surface area contributed by atoms with Gasteiger partial charge in [-0.05, 0) is 54.6 Å². The van der Waals surface area contributed by atoms with Crippen molar-refractivity contribution in [1.29, 1.82) is 0 Å². The van der Waals surface area contributed by atoms with Crippen LogP contribution >= 0.6 is 23.2 Å². The topological polar surface area (TPSA) is 140 Å². The maximum atomic E-state index is 13.5. The van der Waals surface area contributed by atoms with Gasteiger partial charge in [0.15, 0.2) is 5.75 Å². The van der Waals surface area contributed by atoms with Crippen LogP contribution in [0.1, 0.15) is 29.8 Å². The summed E-state index contributed by atoms with van der Waals surface area (Å²) in [6.07, 6.45) is 0.417. The Morgan fingerprint density at radius 1 is 1.05 bits per heavy atom. The molecule has 40 heavy (non-hydrogen) atoms. The molecule has 4 aromatic carbocycles. The first-order valence-electron chi connectivity index (χ1n) is 11.7. The summed E-state index contributed by atoms with van der Waals surface area (Å²) in [5, 5.41) is 25.2. The third-order valence-corrected chi connectivity index (χ3v) is 7.43. The van der Waals surface area contributed by atoms with Crippen LogP contribution in [0, 0.1) is 0 Å². The molecule has 13 heteroatoms. The quantitative estimate of drug-likeness (QED) is 0.175. The van der Waals surface area contributed by atoms with E-state index < -0.39 is 26.7 Å². The van der Waals surface area contributed by atoms with E-state index in [-0.39, 0.29) is 63.0 Å². The molecule has 4 aromatic rings. The van der Waals surface area contributed by atoms with Crippen molar-refractivity contribution in [1.82, 2.24) is 0 Å². The van der Waals surface area contributed by atoms with Crippen LogP contribution in [-0.2, 0) is 16.5 Å². The number of nitrogens with zero attached hydrogens (tertiary/aromatic N) is 2. The Balaban J connectivity index is 0.00000441. The predicted octanol–water partition coefficient (Wildman–Crippen LogP) is 4.10. The normalized spacial score (nSPS) is 11.4. The van der Waals surface area contributed by atoms with Crippen LogP contribution in [0.2, 0.25) is 10.0 Å². The Bertz CT molecular complexity index is 1730. The fourth-order valence-corrected chi connectivity index (χ4v) is 5.17. The number of ether oxygens (including phenoxy) is 1. The molecule has 0 aromatic heterocycles. The Kier molecular flexibility index (Phi) is 10.6. The summed E-state index contributed by atoms with van der Waals surface area (Å²) in [5.41, 5.74) is 0.374. The van der Waals surface area contributed by atoms with Crippen molar-refractivity contribution in [2.24, 2.45) is 10.2 Å². The molecule has 1 amide bonds. The van der Waals surface area contributed by atoms with E-state index in [1.807, 2.05) is 0 Å². The number of azo groups is 1. The second kappa shape index (κ2) is 13.3. The third-order valence-electron chi connectivity index (χ3n) is 5.75. The largest absolute Gasteiger partial charge is 1.00 e. The van der Waals surface area contributed by atoms with Gasteiger partial charge in [-0.25, -0.2) is 0 Å². The fraction of sp³-hybridized carbons (Fsp3) is 0.148. The zero-order valence-corrected chi connectivity index (χ0v) is 26.1. The van der Waals surface area contributed by atoms with Gasteiger partial charge in [-0.15, -0.1) is 5.11 Å². The van der Waals surface area contributed by atoms with Crippen molar-refractivity contribution in [3.05, 3.63) is 81.8 Å². The van der Waals surface area contributed by atoms with E-state index in [0.717, 1.165) is 0 Å². The number of para-hydroxylation sites is 1. The van der Waals surface area contributed by atoms with Crippen LogP contribution in [-0.4, -0.2) is 25.5 Å². The maximum absolute atomic E-state index is 13.5. The van der Waals surface area contributed by atoms with Crippen LogP contribution in [0.5, 0.6) is 11.5 Å². The van der Waals surface area contributed by atoms with Gasteiger partial charge in [0.2, 0.25) is 0 Å². The van der Waals surface area contributed by atoms with Crippen LogP contribution < -0.4 is 44.7 Å². The average Bonchev–Trinajstić information content (AvgIpc) is 2.89. The molecule has 0 aliphatic carbocycles. The standard InChI is InChI=1S/C27H23Cl2N3O6S.Na/c1-3-15-12-21(23(29)22(13-15)39(35,36)37)31-32-24-17-9-6-5-8-16(17)14-18(25(24)33)27(34)30-20-11-7-10-19(28)26(20)38-4-2;/h5-14,33H,3-4H2,1-2H3,(H,30,34)(H,35,36,37);/q;+1/p-1. The summed E-state index contributed by atoms with van der Waals surface area (Å²) < 4.78 is 38.8. The second-order valence-corrected chi connectivity index (χ2v) is 10.5. The fourth-order valence-electron chi connectivity index (χ4n) is 3.87. The summed E-state index contributed by atoms with van der Waals surface area (Å²) >= 11 is 12.4. The molecule has 0 fully saturated rings. The summed E-state index contributed by atoms with van der Waals surface area (Å²) in [6.45, 7) is 3.85. The molecule has 2 N–H and O–H groups in total. The number of fused-ring (bicyclic) bond motifs is 1. The maximum Gasteiger partial charge on any atom is 1.00 e. The van der Waals surface area contributed by atoms with Gasteiger partial charge >= 0.3 is 29.6 Å². The smallest absolute Gasteiger partial charge is 0.870 e. The van der Waals surface area contributed by atoms with E-state index in [2.05, 4.69) is 15.5 Å². The number of halogens is 2.